The highest BCUT2D eigenvalue weighted by Crippen LogP contribution is 2.16. The molecule has 2 aromatic carbocycles. The van der Waals surface area contributed by atoms with Crippen LogP contribution in [0.2, 0.25) is 0 Å². The van der Waals surface area contributed by atoms with Gasteiger partial charge in [0.2, 0.25) is 5.91 Å². The van der Waals surface area contributed by atoms with Crippen molar-refractivity contribution in [1.29, 1.82) is 0 Å². The van der Waals surface area contributed by atoms with Crippen molar-refractivity contribution in [3.05, 3.63) is 59.4 Å². The Morgan fingerprint density at radius 1 is 1.19 bits per heavy atom. The first kappa shape index (κ1) is 14.9. The van der Waals surface area contributed by atoms with Crippen molar-refractivity contribution in [1.82, 2.24) is 0 Å². The normalized spacial score (nSPS) is 10.0. The molecule has 0 unspecified atom stereocenters. The Bertz CT molecular complexity index is 703. The third-order valence-corrected chi connectivity index (χ3v) is 2.98. The van der Waals surface area contributed by atoms with Crippen molar-refractivity contribution in [3.8, 4) is 0 Å². The molecule has 0 bridgehead atoms. The van der Waals surface area contributed by atoms with Crippen LogP contribution in [0.3, 0.4) is 0 Å². The predicted octanol–water partition coefficient (Wildman–Crippen LogP) is 3.04. The summed E-state index contributed by atoms with van der Waals surface area (Å²) in [6.45, 7) is 1.80. The minimum Gasteiger partial charge on any atom is -0.366 e. The zero-order chi connectivity index (χ0) is 15.4. The number of amides is 1. The second-order valence-corrected chi connectivity index (χ2v) is 4.92. The van der Waals surface area contributed by atoms with Crippen LogP contribution in [0.5, 0.6) is 0 Å². The van der Waals surface area contributed by atoms with Gasteiger partial charge in [-0.2, -0.15) is 0 Å². The fourth-order valence-electron chi connectivity index (χ4n) is 1.76. The summed E-state index contributed by atoms with van der Waals surface area (Å²) in [6.07, 6.45) is 0. The SMILES string of the molecule is Cc1ccc(NC(=S)Nc2cccc(C(N)=O)c2)c(F)c1. The molecule has 0 fully saturated rings. The van der Waals surface area contributed by atoms with Crippen molar-refractivity contribution in [2.75, 3.05) is 10.6 Å². The number of carbonyl (C=O) groups is 1. The Kier molecular flexibility index (Phi) is 4.49. The first-order chi connectivity index (χ1) is 9.95. The molecule has 0 saturated carbocycles. The zero-order valence-corrected chi connectivity index (χ0v) is 12.1. The van der Waals surface area contributed by atoms with Crippen LogP contribution in [0.1, 0.15) is 15.9 Å². The number of nitrogens with two attached hydrogens (primary N) is 1. The second-order valence-electron chi connectivity index (χ2n) is 4.51. The third kappa shape index (κ3) is 4.00. The van der Waals surface area contributed by atoms with Crippen LogP contribution in [-0.4, -0.2) is 11.0 Å². The van der Waals surface area contributed by atoms with E-state index in [0.29, 0.717) is 11.3 Å². The van der Waals surface area contributed by atoms with Gasteiger partial charge in [0.05, 0.1) is 5.69 Å². The Hall–Kier alpha value is -2.47. The van der Waals surface area contributed by atoms with E-state index in [9.17, 15) is 9.18 Å². The summed E-state index contributed by atoms with van der Waals surface area (Å²) in [6, 6.07) is 11.4. The smallest absolute Gasteiger partial charge is 0.248 e. The standard InChI is InChI=1S/C15H14FN3OS/c1-9-5-6-13(12(16)7-9)19-15(21)18-11-4-2-3-10(8-11)14(17)20/h2-8H,1H3,(H2,17,20)(H2,18,19,21). The first-order valence-corrected chi connectivity index (χ1v) is 6.60. The summed E-state index contributed by atoms with van der Waals surface area (Å²) in [7, 11) is 0. The van der Waals surface area contributed by atoms with E-state index in [0.717, 1.165) is 5.56 Å². The van der Waals surface area contributed by atoms with Gasteiger partial charge in [-0.25, -0.2) is 4.39 Å². The molecule has 2 rings (SSSR count). The third-order valence-electron chi connectivity index (χ3n) is 2.78. The highest BCUT2D eigenvalue weighted by Gasteiger charge is 2.06. The molecular formula is C15H14FN3OS. The molecule has 108 valence electrons. The van der Waals surface area contributed by atoms with E-state index in [1.165, 1.54) is 6.07 Å². The summed E-state index contributed by atoms with van der Waals surface area (Å²) in [5, 5.41) is 5.86. The molecule has 1 amide bonds. The summed E-state index contributed by atoms with van der Waals surface area (Å²) >= 11 is 5.11. The lowest BCUT2D eigenvalue weighted by Gasteiger charge is -2.12. The van der Waals surface area contributed by atoms with Crippen molar-refractivity contribution in [2.24, 2.45) is 5.73 Å². The number of carbonyl (C=O) groups excluding carboxylic acids is 1. The maximum absolute atomic E-state index is 13.7. The van der Waals surface area contributed by atoms with Crippen LogP contribution >= 0.6 is 12.2 Å². The second kappa shape index (κ2) is 6.32. The van der Waals surface area contributed by atoms with Crippen molar-refractivity contribution < 1.29 is 9.18 Å². The largest absolute Gasteiger partial charge is 0.366 e. The molecular weight excluding hydrogens is 289 g/mol. The summed E-state index contributed by atoms with van der Waals surface area (Å²) < 4.78 is 13.7. The molecule has 4 nitrogen and oxygen atoms in total. The van der Waals surface area contributed by atoms with Gasteiger partial charge in [-0.05, 0) is 55.0 Å². The Morgan fingerprint density at radius 3 is 2.62 bits per heavy atom. The van der Waals surface area contributed by atoms with Crippen molar-refractivity contribution in [2.45, 2.75) is 6.92 Å². The Labute approximate surface area is 127 Å². The van der Waals surface area contributed by atoms with Crippen molar-refractivity contribution in [3.63, 3.8) is 0 Å². The molecule has 0 aromatic heterocycles. The van der Waals surface area contributed by atoms with Crippen molar-refractivity contribution >= 4 is 34.6 Å². The van der Waals surface area contributed by atoms with E-state index in [2.05, 4.69) is 10.6 Å². The molecule has 4 N–H and O–H groups in total. The van der Waals surface area contributed by atoms with E-state index in [1.54, 1.807) is 43.3 Å². The summed E-state index contributed by atoms with van der Waals surface area (Å²) in [5.74, 6) is -0.910. The van der Waals surface area contributed by atoms with Gasteiger partial charge in [-0.15, -0.1) is 0 Å². The number of hydrogen-bond donors (Lipinski definition) is 3. The number of halogens is 1. The molecule has 0 heterocycles. The first-order valence-electron chi connectivity index (χ1n) is 6.20. The molecule has 21 heavy (non-hydrogen) atoms. The number of thiocarbonyl (C=S) groups is 1. The van der Waals surface area contributed by atoms with Gasteiger partial charge in [0.1, 0.15) is 5.82 Å². The number of hydrogen-bond acceptors (Lipinski definition) is 2. The monoisotopic (exact) mass is 303 g/mol. The highest BCUT2D eigenvalue weighted by atomic mass is 32.1. The fourth-order valence-corrected chi connectivity index (χ4v) is 1.98. The van der Waals surface area contributed by atoms with Gasteiger partial charge >= 0.3 is 0 Å². The van der Waals surface area contributed by atoms with Crippen LogP contribution in [-0.2, 0) is 0 Å². The van der Waals surface area contributed by atoms with E-state index >= 15 is 0 Å². The maximum Gasteiger partial charge on any atom is 0.248 e. The lowest BCUT2D eigenvalue weighted by Crippen LogP contribution is -2.20. The van der Waals surface area contributed by atoms with Gasteiger partial charge in [0.15, 0.2) is 5.11 Å². The van der Waals surface area contributed by atoms with E-state index in [1.807, 2.05) is 0 Å². The number of aryl methyl sites for hydroxylation is 1. The molecule has 0 aliphatic heterocycles. The average Bonchev–Trinajstić information content (AvgIpc) is 2.42. The fraction of sp³-hybridized carbons (Fsp3) is 0.0667. The number of anilines is 2. The topological polar surface area (TPSA) is 67.2 Å². The van der Waals surface area contributed by atoms with Crippen LogP contribution in [0.4, 0.5) is 15.8 Å². The number of primary amides is 1. The molecule has 0 spiro atoms. The van der Waals surface area contributed by atoms with Crippen LogP contribution < -0.4 is 16.4 Å². The van der Waals surface area contributed by atoms with Gasteiger partial charge in [0, 0.05) is 11.3 Å². The van der Waals surface area contributed by atoms with Crippen LogP contribution in [0.15, 0.2) is 42.5 Å². The van der Waals surface area contributed by atoms with Gasteiger partial charge in [0.25, 0.3) is 0 Å². The maximum atomic E-state index is 13.7. The predicted molar refractivity (Wildman–Crippen MR) is 85.9 cm³/mol. The minimum atomic E-state index is -0.526. The molecule has 6 heteroatoms. The lowest BCUT2D eigenvalue weighted by molar-refractivity contribution is 0.100. The molecule has 0 aliphatic rings. The highest BCUT2D eigenvalue weighted by molar-refractivity contribution is 7.80. The molecule has 0 atom stereocenters. The van der Waals surface area contributed by atoms with E-state index < -0.39 is 5.91 Å². The van der Waals surface area contributed by atoms with E-state index in [-0.39, 0.29) is 16.6 Å². The minimum absolute atomic E-state index is 0.222. The average molecular weight is 303 g/mol. The summed E-state index contributed by atoms with van der Waals surface area (Å²) in [5.41, 5.74) is 7.27. The molecule has 0 radical (unpaired) electrons. The molecule has 2 aromatic rings. The number of nitrogens with one attached hydrogen (secondary N) is 2. The van der Waals surface area contributed by atoms with Crippen LogP contribution in [0.25, 0.3) is 0 Å². The van der Waals surface area contributed by atoms with Gasteiger partial charge in [-0.1, -0.05) is 12.1 Å². The van der Waals surface area contributed by atoms with Crippen LogP contribution in [0, 0.1) is 12.7 Å². The lowest BCUT2D eigenvalue weighted by atomic mass is 10.2. The van der Waals surface area contributed by atoms with E-state index in [4.69, 9.17) is 18.0 Å². The molecule has 0 aliphatic carbocycles. The Balaban J connectivity index is 2.08. The number of rotatable bonds is 3. The van der Waals surface area contributed by atoms with Gasteiger partial charge < -0.3 is 16.4 Å². The zero-order valence-electron chi connectivity index (χ0n) is 11.3. The number of benzene rings is 2. The molecule has 0 saturated heterocycles. The quantitative estimate of drug-likeness (QED) is 0.762. The van der Waals surface area contributed by atoms with Gasteiger partial charge in [-0.3, -0.25) is 4.79 Å². The Morgan fingerprint density at radius 2 is 1.95 bits per heavy atom. The summed E-state index contributed by atoms with van der Waals surface area (Å²) in [4.78, 5) is 11.1.